The average Bonchev–Trinajstić information content (AvgIpc) is 4.00. The van der Waals surface area contributed by atoms with Crippen LogP contribution in [0.2, 0.25) is 18.1 Å². The van der Waals surface area contributed by atoms with E-state index in [4.69, 9.17) is 25.6 Å². The molecule has 0 saturated carbocycles. The molecular weight excluding hydrogens is 857 g/mol. The van der Waals surface area contributed by atoms with Crippen molar-refractivity contribution in [3.8, 4) is 5.75 Å². The molecule has 352 valence electrons. The van der Waals surface area contributed by atoms with Crippen LogP contribution in [0.4, 0.5) is 0 Å². The van der Waals surface area contributed by atoms with E-state index in [2.05, 4.69) is 49.1 Å². The number of aromatic nitrogens is 8. The number of carbonyl (C=O) groups is 4. The summed E-state index contributed by atoms with van der Waals surface area (Å²) in [5, 5.41) is 8.98. The highest BCUT2D eigenvalue weighted by atomic mass is 28.4. The van der Waals surface area contributed by atoms with Gasteiger partial charge in [0.2, 0.25) is 23.1 Å². The number of carbonyl (C=O) groups excluding carboxylic acids is 4. The van der Waals surface area contributed by atoms with Gasteiger partial charge in [-0.1, -0.05) is 32.9 Å². The third-order valence-electron chi connectivity index (χ3n) is 12.1. The summed E-state index contributed by atoms with van der Waals surface area (Å²) < 4.78 is 23.7. The summed E-state index contributed by atoms with van der Waals surface area (Å²) in [7, 11) is -2.00. The topological polar surface area (TPSA) is 219 Å². The molecule has 19 heteroatoms. The van der Waals surface area contributed by atoms with E-state index < -0.39 is 31.9 Å². The standard InChI is InChI=1S/C47H64N12O6Si/c1-12-54-35-27-32(41(48)60)19-20-34(35)56(45(54)50-43(62)37-25-30(5)52-58(37)14-3)21-16-17-22-57-40-36(55(13-2)46(57)51-44(63)38-26-31(6)53-59(38)15-4)28-33(42(49)61)29-39(40)64-23-18-24-65-66(10,11)47(7,8)9/h16-17,19-20,25-29H,12-15,18,21-24H2,1-11H3,(H2,48,60)(H2,49,61)/b17-16+,50-45-,51-46+. The van der Waals surface area contributed by atoms with Crippen molar-refractivity contribution in [2.24, 2.45) is 21.5 Å². The van der Waals surface area contributed by atoms with Gasteiger partial charge in [0.25, 0.3) is 11.8 Å². The molecule has 0 aliphatic heterocycles. The molecule has 0 aliphatic rings. The first kappa shape index (κ1) is 48.8. The van der Waals surface area contributed by atoms with Crippen molar-refractivity contribution in [3.05, 3.63) is 99.8 Å². The highest BCUT2D eigenvalue weighted by Crippen LogP contribution is 2.36. The maximum absolute atomic E-state index is 14.1. The van der Waals surface area contributed by atoms with Gasteiger partial charge in [-0.3, -0.25) is 28.5 Å². The van der Waals surface area contributed by atoms with Crippen LogP contribution in [0.25, 0.3) is 22.1 Å². The maximum atomic E-state index is 14.1. The molecule has 4 amide bonds. The number of nitrogens with zero attached hydrogens (tertiary/aromatic N) is 10. The van der Waals surface area contributed by atoms with Gasteiger partial charge >= 0.3 is 0 Å². The zero-order chi connectivity index (χ0) is 48.2. The van der Waals surface area contributed by atoms with Gasteiger partial charge in [-0.05, 0) is 102 Å². The number of imidazole rings is 2. The van der Waals surface area contributed by atoms with E-state index in [-0.39, 0.29) is 23.7 Å². The molecule has 6 aromatic rings. The summed E-state index contributed by atoms with van der Waals surface area (Å²) in [6.45, 7) is 25.4. The third-order valence-corrected chi connectivity index (χ3v) is 16.7. The molecular formula is C47H64N12O6Si. The molecule has 2 aromatic carbocycles. The van der Waals surface area contributed by atoms with E-state index in [1.165, 1.54) is 0 Å². The molecule has 0 atom stereocenters. The van der Waals surface area contributed by atoms with Crippen LogP contribution in [0.1, 0.15) is 108 Å². The largest absolute Gasteiger partial charge is 0.491 e. The Balaban J connectivity index is 1.48. The van der Waals surface area contributed by atoms with Crippen LogP contribution in [0.5, 0.6) is 5.75 Å². The Kier molecular flexibility index (Phi) is 14.7. The summed E-state index contributed by atoms with van der Waals surface area (Å²) in [6.07, 6.45) is 4.47. The zero-order valence-corrected chi connectivity index (χ0v) is 41.1. The molecule has 0 spiro atoms. The Bertz CT molecular complexity index is 3000. The molecule has 0 fully saturated rings. The van der Waals surface area contributed by atoms with Crippen LogP contribution in [-0.4, -0.2) is 83.0 Å². The lowest BCUT2D eigenvalue weighted by Crippen LogP contribution is -2.41. The Labute approximate surface area is 385 Å². The number of hydrogen-bond acceptors (Lipinski definition) is 8. The molecule has 0 bridgehead atoms. The van der Waals surface area contributed by atoms with E-state index in [1.54, 1.807) is 51.8 Å². The van der Waals surface area contributed by atoms with Crippen LogP contribution in [-0.2, 0) is 43.7 Å². The number of aryl methyl sites for hydroxylation is 6. The Hall–Kier alpha value is -6.60. The number of benzene rings is 2. The SMILES string of the molecule is CCn1nc(C)cc1C(=O)/N=c1/n(CC)c2cc(C(N)=O)ccc2n1C/C=C/Cn1/c(=N/C(=O)c2cc(C)nn2CC)n(CC)c2cc(C(N)=O)cc(OCCCO[Si](C)(C)C(C)(C)C)c21. The minimum atomic E-state index is -2.00. The van der Waals surface area contributed by atoms with Gasteiger partial charge in [0.1, 0.15) is 22.7 Å². The molecule has 4 N–H and O–H groups in total. The number of amides is 4. The van der Waals surface area contributed by atoms with Crippen molar-refractivity contribution in [1.29, 1.82) is 0 Å². The highest BCUT2D eigenvalue weighted by Gasteiger charge is 2.37. The number of nitrogens with two attached hydrogens (primary N) is 2. The normalized spacial score (nSPS) is 13.0. The Morgan fingerprint density at radius 2 is 1.18 bits per heavy atom. The lowest BCUT2D eigenvalue weighted by atomic mass is 10.1. The quantitative estimate of drug-likeness (QED) is 0.0589. The predicted octanol–water partition coefficient (Wildman–Crippen LogP) is 6.02. The third kappa shape index (κ3) is 9.96. The monoisotopic (exact) mass is 920 g/mol. The minimum absolute atomic E-state index is 0.0507. The van der Waals surface area contributed by atoms with E-state index in [0.29, 0.717) is 108 Å². The number of hydrogen-bond donors (Lipinski definition) is 2. The molecule has 0 radical (unpaired) electrons. The molecule has 18 nitrogen and oxygen atoms in total. The first-order chi connectivity index (χ1) is 31.2. The van der Waals surface area contributed by atoms with Crippen LogP contribution >= 0.6 is 0 Å². The summed E-state index contributed by atoms with van der Waals surface area (Å²) in [4.78, 5) is 62.5. The Morgan fingerprint density at radius 3 is 1.70 bits per heavy atom. The Morgan fingerprint density at radius 1 is 0.667 bits per heavy atom. The van der Waals surface area contributed by atoms with Gasteiger partial charge < -0.3 is 38.9 Å². The van der Waals surface area contributed by atoms with Gasteiger partial charge in [-0.15, -0.1) is 0 Å². The number of fused-ring (bicyclic) bond motifs is 2. The fraction of sp³-hybridized carbons (Fsp3) is 0.447. The number of rotatable bonds is 18. The van der Waals surface area contributed by atoms with Crippen molar-refractivity contribution in [2.75, 3.05) is 13.2 Å². The fourth-order valence-corrected chi connectivity index (χ4v) is 8.82. The first-order valence-corrected chi connectivity index (χ1v) is 25.4. The van der Waals surface area contributed by atoms with Crippen molar-refractivity contribution in [3.63, 3.8) is 0 Å². The predicted molar refractivity (Wildman–Crippen MR) is 256 cm³/mol. The highest BCUT2D eigenvalue weighted by molar-refractivity contribution is 6.74. The first-order valence-electron chi connectivity index (χ1n) is 22.5. The van der Waals surface area contributed by atoms with Crippen LogP contribution in [0, 0.1) is 13.8 Å². The lowest BCUT2D eigenvalue weighted by Gasteiger charge is -2.36. The number of primary amides is 2. The molecule has 66 heavy (non-hydrogen) atoms. The fourth-order valence-electron chi connectivity index (χ4n) is 7.73. The molecule has 0 saturated heterocycles. The number of allylic oxidation sites excluding steroid dienone is 2. The molecule has 0 aliphatic carbocycles. The summed E-state index contributed by atoms with van der Waals surface area (Å²) in [5.41, 5.74) is 17.6. The van der Waals surface area contributed by atoms with Gasteiger partial charge in [-0.2, -0.15) is 20.2 Å². The second-order valence-corrected chi connectivity index (χ2v) is 22.5. The summed E-state index contributed by atoms with van der Waals surface area (Å²) in [6, 6.07) is 11.9. The summed E-state index contributed by atoms with van der Waals surface area (Å²) >= 11 is 0. The van der Waals surface area contributed by atoms with Crippen molar-refractivity contribution >= 4 is 54.0 Å². The van der Waals surface area contributed by atoms with Crippen LogP contribution < -0.4 is 27.4 Å². The van der Waals surface area contributed by atoms with Gasteiger partial charge in [0, 0.05) is 63.4 Å². The van der Waals surface area contributed by atoms with Gasteiger partial charge in [-0.25, -0.2) is 0 Å². The van der Waals surface area contributed by atoms with Crippen molar-refractivity contribution in [2.45, 2.75) is 126 Å². The maximum Gasteiger partial charge on any atom is 0.298 e. The molecule has 4 aromatic heterocycles. The zero-order valence-electron chi connectivity index (χ0n) is 40.1. The lowest BCUT2D eigenvalue weighted by molar-refractivity contribution is 0.0977. The van der Waals surface area contributed by atoms with E-state index in [9.17, 15) is 19.2 Å². The smallest absolute Gasteiger partial charge is 0.298 e. The molecule has 6 rings (SSSR count). The number of ether oxygens (including phenoxy) is 1. The van der Waals surface area contributed by atoms with E-state index >= 15 is 0 Å². The second kappa shape index (κ2) is 19.9. The van der Waals surface area contributed by atoms with Crippen molar-refractivity contribution in [1.82, 2.24) is 37.8 Å². The van der Waals surface area contributed by atoms with Crippen molar-refractivity contribution < 1.29 is 28.3 Å². The van der Waals surface area contributed by atoms with Gasteiger partial charge in [0.05, 0.1) is 34.5 Å². The van der Waals surface area contributed by atoms with E-state index in [1.807, 2.05) is 72.0 Å². The average molecular weight is 921 g/mol. The minimum Gasteiger partial charge on any atom is -0.491 e. The van der Waals surface area contributed by atoms with Gasteiger partial charge in [0.15, 0.2) is 8.32 Å². The van der Waals surface area contributed by atoms with E-state index in [0.717, 1.165) is 5.52 Å². The molecule has 0 unspecified atom stereocenters. The molecule has 4 heterocycles. The summed E-state index contributed by atoms with van der Waals surface area (Å²) in [5.74, 6) is -1.75. The second-order valence-electron chi connectivity index (χ2n) is 17.7. The van der Waals surface area contributed by atoms with Crippen LogP contribution in [0.3, 0.4) is 0 Å². The van der Waals surface area contributed by atoms with Crippen LogP contribution in [0.15, 0.2) is 64.6 Å².